The van der Waals surface area contributed by atoms with Crippen molar-refractivity contribution in [3.05, 3.63) is 24.2 Å². The van der Waals surface area contributed by atoms with E-state index < -0.39 is 0 Å². The molecule has 6 heteroatoms. The largest absolute Gasteiger partial charge is 0.383 e. The number of nitrogens with zero attached hydrogens (tertiary/aromatic N) is 4. The average molecular weight is 249 g/mol. The number of anilines is 2. The van der Waals surface area contributed by atoms with Gasteiger partial charge in [-0.1, -0.05) is 0 Å². The summed E-state index contributed by atoms with van der Waals surface area (Å²) >= 11 is 0. The van der Waals surface area contributed by atoms with Gasteiger partial charge < -0.3 is 14.6 Å². The lowest BCUT2D eigenvalue weighted by molar-refractivity contribution is 0.163. The summed E-state index contributed by atoms with van der Waals surface area (Å²) in [6.07, 6.45) is 3.77. The third-order valence-electron chi connectivity index (χ3n) is 2.80. The summed E-state index contributed by atoms with van der Waals surface area (Å²) in [5, 5.41) is 7.40. The first kappa shape index (κ1) is 12.6. The van der Waals surface area contributed by atoms with E-state index >= 15 is 0 Å². The van der Waals surface area contributed by atoms with Crippen LogP contribution in [0.2, 0.25) is 0 Å². The van der Waals surface area contributed by atoms with Crippen molar-refractivity contribution in [1.82, 2.24) is 19.3 Å². The Morgan fingerprint density at radius 2 is 2.28 bits per heavy atom. The van der Waals surface area contributed by atoms with Crippen molar-refractivity contribution < 1.29 is 4.74 Å². The Balaban J connectivity index is 2.25. The quantitative estimate of drug-likeness (QED) is 0.879. The highest BCUT2D eigenvalue weighted by Crippen LogP contribution is 2.19. The number of ether oxygens (including phenoxy) is 1. The summed E-state index contributed by atoms with van der Waals surface area (Å²) in [6, 6.07) is 2.14. The molecule has 0 bridgehead atoms. The number of aryl methyl sites for hydroxylation is 2. The Morgan fingerprint density at radius 1 is 1.50 bits per heavy atom. The second-order valence-corrected chi connectivity index (χ2v) is 4.38. The van der Waals surface area contributed by atoms with Crippen LogP contribution >= 0.6 is 0 Å². The number of methoxy groups -OCH3 is 1. The molecule has 2 aromatic heterocycles. The molecule has 0 aromatic carbocycles. The van der Waals surface area contributed by atoms with Crippen LogP contribution in [0.3, 0.4) is 0 Å². The van der Waals surface area contributed by atoms with Crippen LogP contribution < -0.4 is 5.32 Å². The van der Waals surface area contributed by atoms with E-state index in [9.17, 15) is 0 Å². The van der Waals surface area contributed by atoms with Crippen molar-refractivity contribution >= 4 is 11.8 Å². The van der Waals surface area contributed by atoms with E-state index in [1.807, 2.05) is 26.2 Å². The van der Waals surface area contributed by atoms with Crippen LogP contribution in [0.15, 0.2) is 18.5 Å². The standard InChI is InChI=1S/C12H19N5O/c1-9-7-17(10(2)8-18-4)12(14-9)15-11-5-6-13-16(11)3/h5-7,10H,8H2,1-4H3,(H,14,15). The van der Waals surface area contributed by atoms with E-state index in [2.05, 4.69) is 26.9 Å². The minimum Gasteiger partial charge on any atom is -0.383 e. The first-order valence-corrected chi connectivity index (χ1v) is 5.91. The maximum absolute atomic E-state index is 5.19. The van der Waals surface area contributed by atoms with Gasteiger partial charge in [0.15, 0.2) is 0 Å². The summed E-state index contributed by atoms with van der Waals surface area (Å²) in [5.74, 6) is 1.71. The first-order chi connectivity index (χ1) is 8.61. The molecule has 0 saturated carbocycles. The fraction of sp³-hybridized carbons (Fsp3) is 0.500. The molecule has 18 heavy (non-hydrogen) atoms. The van der Waals surface area contributed by atoms with Gasteiger partial charge in [0, 0.05) is 26.4 Å². The lowest BCUT2D eigenvalue weighted by atomic mass is 10.3. The molecular weight excluding hydrogens is 230 g/mol. The van der Waals surface area contributed by atoms with Crippen molar-refractivity contribution in [2.45, 2.75) is 19.9 Å². The van der Waals surface area contributed by atoms with E-state index in [-0.39, 0.29) is 6.04 Å². The van der Waals surface area contributed by atoms with Gasteiger partial charge in [-0.2, -0.15) is 5.10 Å². The number of hydrogen-bond acceptors (Lipinski definition) is 4. The van der Waals surface area contributed by atoms with Gasteiger partial charge >= 0.3 is 0 Å². The van der Waals surface area contributed by atoms with Gasteiger partial charge in [0.1, 0.15) is 5.82 Å². The molecule has 6 nitrogen and oxygen atoms in total. The van der Waals surface area contributed by atoms with Crippen molar-refractivity contribution in [2.75, 3.05) is 19.0 Å². The summed E-state index contributed by atoms with van der Waals surface area (Å²) < 4.78 is 9.04. The molecule has 1 N–H and O–H groups in total. The molecule has 2 rings (SSSR count). The summed E-state index contributed by atoms with van der Waals surface area (Å²) in [6.45, 7) is 4.72. The zero-order valence-electron chi connectivity index (χ0n) is 11.2. The smallest absolute Gasteiger partial charge is 0.209 e. The topological polar surface area (TPSA) is 56.9 Å². The minimum absolute atomic E-state index is 0.229. The van der Waals surface area contributed by atoms with Gasteiger partial charge in [-0.05, 0) is 13.8 Å². The minimum atomic E-state index is 0.229. The molecular formula is C12H19N5O. The Labute approximate surface area is 107 Å². The van der Waals surface area contributed by atoms with E-state index in [0.717, 1.165) is 17.5 Å². The second-order valence-electron chi connectivity index (χ2n) is 4.38. The number of aromatic nitrogens is 4. The Kier molecular flexibility index (Phi) is 3.66. The summed E-state index contributed by atoms with van der Waals surface area (Å²) in [4.78, 5) is 4.49. The molecule has 2 heterocycles. The third kappa shape index (κ3) is 2.53. The summed E-state index contributed by atoms with van der Waals surface area (Å²) in [7, 11) is 3.59. The Bertz CT molecular complexity index is 516. The Morgan fingerprint density at radius 3 is 2.89 bits per heavy atom. The lowest BCUT2D eigenvalue weighted by Gasteiger charge is -2.16. The van der Waals surface area contributed by atoms with Gasteiger partial charge in [0.05, 0.1) is 24.5 Å². The van der Waals surface area contributed by atoms with Gasteiger partial charge in [-0.3, -0.25) is 4.68 Å². The normalized spacial score (nSPS) is 12.7. The number of nitrogens with one attached hydrogen (secondary N) is 1. The van der Waals surface area contributed by atoms with Crippen molar-refractivity contribution in [3.63, 3.8) is 0 Å². The predicted molar refractivity (Wildman–Crippen MR) is 70.0 cm³/mol. The molecule has 98 valence electrons. The first-order valence-electron chi connectivity index (χ1n) is 5.91. The molecule has 0 aliphatic rings. The van der Waals surface area contributed by atoms with Gasteiger partial charge in [-0.15, -0.1) is 0 Å². The summed E-state index contributed by atoms with van der Waals surface area (Å²) in [5.41, 5.74) is 0.975. The Hall–Kier alpha value is -1.82. The van der Waals surface area contributed by atoms with E-state index in [4.69, 9.17) is 4.74 Å². The fourth-order valence-electron chi connectivity index (χ4n) is 1.88. The zero-order chi connectivity index (χ0) is 13.1. The number of imidazole rings is 1. The van der Waals surface area contributed by atoms with Crippen LogP contribution in [0.5, 0.6) is 0 Å². The zero-order valence-corrected chi connectivity index (χ0v) is 11.2. The molecule has 0 fully saturated rings. The molecule has 0 saturated heterocycles. The molecule has 2 aromatic rings. The number of hydrogen-bond donors (Lipinski definition) is 1. The highest BCUT2D eigenvalue weighted by atomic mass is 16.5. The maximum atomic E-state index is 5.19. The lowest BCUT2D eigenvalue weighted by Crippen LogP contribution is -2.13. The monoisotopic (exact) mass is 249 g/mol. The predicted octanol–water partition coefficient (Wildman–Crippen LogP) is 1.88. The average Bonchev–Trinajstić information content (AvgIpc) is 2.87. The highest BCUT2D eigenvalue weighted by molar-refractivity contribution is 5.48. The SMILES string of the molecule is COCC(C)n1cc(C)nc1Nc1ccnn1C. The van der Waals surface area contributed by atoms with Crippen LogP contribution in [-0.4, -0.2) is 33.0 Å². The van der Waals surface area contributed by atoms with Gasteiger partial charge in [0.2, 0.25) is 5.95 Å². The number of rotatable bonds is 5. The van der Waals surface area contributed by atoms with Crippen LogP contribution in [0.4, 0.5) is 11.8 Å². The van der Waals surface area contributed by atoms with E-state index in [0.29, 0.717) is 6.61 Å². The molecule has 0 aliphatic heterocycles. The molecule has 0 aliphatic carbocycles. The van der Waals surface area contributed by atoms with Crippen LogP contribution in [-0.2, 0) is 11.8 Å². The third-order valence-corrected chi connectivity index (χ3v) is 2.80. The van der Waals surface area contributed by atoms with Crippen molar-refractivity contribution in [3.8, 4) is 0 Å². The fourth-order valence-corrected chi connectivity index (χ4v) is 1.88. The molecule has 0 amide bonds. The maximum Gasteiger partial charge on any atom is 0.209 e. The highest BCUT2D eigenvalue weighted by Gasteiger charge is 2.12. The van der Waals surface area contributed by atoms with Gasteiger partial charge in [0.25, 0.3) is 0 Å². The molecule has 0 spiro atoms. The van der Waals surface area contributed by atoms with Crippen LogP contribution in [0.1, 0.15) is 18.7 Å². The van der Waals surface area contributed by atoms with Crippen molar-refractivity contribution in [2.24, 2.45) is 7.05 Å². The van der Waals surface area contributed by atoms with Gasteiger partial charge in [-0.25, -0.2) is 4.98 Å². The molecule has 0 radical (unpaired) electrons. The van der Waals surface area contributed by atoms with Crippen LogP contribution in [0, 0.1) is 6.92 Å². The molecule has 1 atom stereocenters. The molecule has 1 unspecified atom stereocenters. The second kappa shape index (κ2) is 5.22. The van der Waals surface area contributed by atoms with E-state index in [1.165, 1.54) is 0 Å². The van der Waals surface area contributed by atoms with E-state index in [1.54, 1.807) is 18.0 Å². The van der Waals surface area contributed by atoms with Crippen molar-refractivity contribution in [1.29, 1.82) is 0 Å². The van der Waals surface area contributed by atoms with Crippen LogP contribution in [0.25, 0.3) is 0 Å².